The minimum Gasteiger partial charge on any atom is -0.320 e. The van der Waals surface area contributed by atoms with E-state index in [0.717, 1.165) is 0 Å². The molecule has 0 amide bonds. The molecule has 2 nitrogen and oxygen atoms in total. The first-order valence-corrected chi connectivity index (χ1v) is 4.14. The lowest BCUT2D eigenvalue weighted by Gasteiger charge is -2.07. The third-order valence-corrected chi connectivity index (χ3v) is 1.81. The summed E-state index contributed by atoms with van der Waals surface area (Å²) in [5.74, 6) is 1.25. The molecule has 0 aromatic heterocycles. The van der Waals surface area contributed by atoms with Crippen LogP contribution < -0.4 is 5.73 Å². The number of ketones is 1. The number of rotatable bonds is 3. The number of carbonyl (C=O) groups excluding carboxylic acids is 1. The second-order valence-electron chi connectivity index (χ2n) is 2.86. The molecule has 0 saturated heterocycles. The monoisotopic (exact) mass is 191 g/mol. The Morgan fingerprint density at radius 2 is 2.21 bits per heavy atom. The van der Waals surface area contributed by atoms with E-state index in [4.69, 9.17) is 12.2 Å². The van der Waals surface area contributed by atoms with Crippen LogP contribution in [0.5, 0.6) is 0 Å². The maximum absolute atomic E-state index is 13.1. The summed E-state index contributed by atoms with van der Waals surface area (Å²) in [5.41, 5.74) is 5.47. The summed E-state index contributed by atoms with van der Waals surface area (Å²) in [6, 6.07) is 4.89. The van der Waals surface area contributed by atoms with E-state index in [1.807, 2.05) is 0 Å². The fourth-order valence-electron chi connectivity index (χ4n) is 1.08. The van der Waals surface area contributed by atoms with Crippen molar-refractivity contribution in [3.8, 4) is 12.3 Å². The lowest BCUT2D eigenvalue weighted by molar-refractivity contribution is 0.0959. The molecular weight excluding hydrogens is 181 g/mol. The molecule has 1 aromatic carbocycles. The molecule has 0 aliphatic carbocycles. The molecule has 1 rings (SSSR count). The molecule has 0 bridgehead atoms. The SMILES string of the molecule is C#CCC(N)C(=O)c1ccccc1F. The molecule has 1 unspecified atom stereocenters. The highest BCUT2D eigenvalue weighted by Crippen LogP contribution is 2.09. The van der Waals surface area contributed by atoms with Crippen molar-refractivity contribution in [1.29, 1.82) is 0 Å². The van der Waals surface area contributed by atoms with Gasteiger partial charge < -0.3 is 5.73 Å². The van der Waals surface area contributed by atoms with Gasteiger partial charge in [0.1, 0.15) is 5.82 Å². The summed E-state index contributed by atoms with van der Waals surface area (Å²) in [5, 5.41) is 0. The Morgan fingerprint density at radius 3 is 2.79 bits per heavy atom. The number of nitrogens with two attached hydrogens (primary N) is 1. The van der Waals surface area contributed by atoms with E-state index in [0.29, 0.717) is 0 Å². The zero-order valence-electron chi connectivity index (χ0n) is 7.53. The molecule has 0 spiro atoms. The first kappa shape index (κ1) is 10.4. The number of hydrogen-bond acceptors (Lipinski definition) is 2. The standard InChI is InChI=1S/C11H10FNO/c1-2-5-10(13)11(14)8-6-3-4-7-9(8)12/h1,3-4,6-7,10H,5,13H2. The molecule has 0 aliphatic heterocycles. The van der Waals surface area contributed by atoms with E-state index >= 15 is 0 Å². The predicted molar refractivity (Wildman–Crippen MR) is 52.2 cm³/mol. The Hall–Kier alpha value is -1.66. The quantitative estimate of drug-likeness (QED) is 0.579. The van der Waals surface area contributed by atoms with E-state index < -0.39 is 17.6 Å². The summed E-state index contributed by atoms with van der Waals surface area (Å²) in [6.45, 7) is 0. The fraction of sp³-hybridized carbons (Fsp3) is 0.182. The lowest BCUT2D eigenvalue weighted by atomic mass is 10.0. The van der Waals surface area contributed by atoms with Gasteiger partial charge in [0.05, 0.1) is 11.6 Å². The van der Waals surface area contributed by atoms with Gasteiger partial charge in [0.2, 0.25) is 0 Å². The maximum Gasteiger partial charge on any atom is 0.183 e. The first-order valence-electron chi connectivity index (χ1n) is 4.14. The van der Waals surface area contributed by atoms with E-state index in [9.17, 15) is 9.18 Å². The van der Waals surface area contributed by atoms with E-state index in [2.05, 4.69) is 5.92 Å². The molecule has 0 saturated carbocycles. The smallest absolute Gasteiger partial charge is 0.183 e. The van der Waals surface area contributed by atoms with Crippen LogP contribution in [0.3, 0.4) is 0 Å². The van der Waals surface area contributed by atoms with Crippen molar-refractivity contribution in [2.24, 2.45) is 5.73 Å². The van der Waals surface area contributed by atoms with Gasteiger partial charge in [-0.2, -0.15) is 0 Å². The van der Waals surface area contributed by atoms with Gasteiger partial charge >= 0.3 is 0 Å². The second-order valence-corrected chi connectivity index (χ2v) is 2.86. The first-order chi connectivity index (χ1) is 6.66. The molecule has 72 valence electrons. The normalized spacial score (nSPS) is 11.8. The Bertz CT molecular complexity index is 381. The molecule has 0 radical (unpaired) electrons. The zero-order valence-corrected chi connectivity index (χ0v) is 7.53. The van der Waals surface area contributed by atoms with Gasteiger partial charge in [-0.3, -0.25) is 4.79 Å². The number of carbonyl (C=O) groups is 1. The maximum atomic E-state index is 13.1. The third kappa shape index (κ3) is 2.18. The van der Waals surface area contributed by atoms with Crippen LogP contribution in [0.15, 0.2) is 24.3 Å². The van der Waals surface area contributed by atoms with Gasteiger partial charge in [-0.1, -0.05) is 12.1 Å². The van der Waals surface area contributed by atoms with Crippen LogP contribution >= 0.6 is 0 Å². The van der Waals surface area contributed by atoms with Gasteiger partial charge in [-0.15, -0.1) is 12.3 Å². The summed E-state index contributed by atoms with van der Waals surface area (Å²) in [4.78, 5) is 11.5. The Balaban J connectivity index is 2.91. The highest BCUT2D eigenvalue weighted by molar-refractivity contribution is 6.00. The average Bonchev–Trinajstić information content (AvgIpc) is 2.18. The minimum absolute atomic E-state index is 0.00440. The number of halogens is 1. The highest BCUT2D eigenvalue weighted by Gasteiger charge is 2.17. The molecule has 3 heteroatoms. The summed E-state index contributed by atoms with van der Waals surface area (Å²) in [6.07, 6.45) is 5.13. The number of terminal acetylenes is 1. The third-order valence-electron chi connectivity index (χ3n) is 1.81. The molecule has 1 atom stereocenters. The van der Waals surface area contributed by atoms with Crippen LogP contribution in [0, 0.1) is 18.2 Å². The minimum atomic E-state index is -0.822. The van der Waals surface area contributed by atoms with Crippen LogP contribution in [0.1, 0.15) is 16.8 Å². The van der Waals surface area contributed by atoms with Crippen molar-refractivity contribution in [2.45, 2.75) is 12.5 Å². The van der Waals surface area contributed by atoms with Gasteiger partial charge in [0.15, 0.2) is 5.78 Å². The van der Waals surface area contributed by atoms with Crippen LogP contribution in [-0.4, -0.2) is 11.8 Å². The molecular formula is C11H10FNO. The Labute approximate surface area is 81.9 Å². The van der Waals surface area contributed by atoms with Crippen molar-refractivity contribution >= 4 is 5.78 Å². The summed E-state index contributed by atoms with van der Waals surface area (Å²) in [7, 11) is 0. The van der Waals surface area contributed by atoms with Crippen molar-refractivity contribution in [2.75, 3.05) is 0 Å². The zero-order chi connectivity index (χ0) is 10.6. The molecule has 1 aromatic rings. The van der Waals surface area contributed by atoms with Crippen molar-refractivity contribution in [3.05, 3.63) is 35.6 Å². The molecule has 0 fully saturated rings. The van der Waals surface area contributed by atoms with E-state index in [-0.39, 0.29) is 12.0 Å². The van der Waals surface area contributed by atoms with Gasteiger partial charge in [0.25, 0.3) is 0 Å². The van der Waals surface area contributed by atoms with Crippen molar-refractivity contribution in [3.63, 3.8) is 0 Å². The average molecular weight is 191 g/mol. The van der Waals surface area contributed by atoms with Crippen LogP contribution in [0.25, 0.3) is 0 Å². The van der Waals surface area contributed by atoms with Crippen LogP contribution in [0.2, 0.25) is 0 Å². The Morgan fingerprint density at radius 1 is 1.57 bits per heavy atom. The Kier molecular flexibility index (Phi) is 3.38. The molecule has 14 heavy (non-hydrogen) atoms. The summed E-state index contributed by atoms with van der Waals surface area (Å²) >= 11 is 0. The molecule has 0 heterocycles. The lowest BCUT2D eigenvalue weighted by Crippen LogP contribution is -2.30. The largest absolute Gasteiger partial charge is 0.320 e. The van der Waals surface area contributed by atoms with Gasteiger partial charge in [0, 0.05) is 6.42 Å². The van der Waals surface area contributed by atoms with Crippen LogP contribution in [-0.2, 0) is 0 Å². The molecule has 2 N–H and O–H groups in total. The van der Waals surface area contributed by atoms with Gasteiger partial charge in [-0.05, 0) is 12.1 Å². The highest BCUT2D eigenvalue weighted by atomic mass is 19.1. The molecule has 0 aliphatic rings. The van der Waals surface area contributed by atoms with Gasteiger partial charge in [-0.25, -0.2) is 4.39 Å². The van der Waals surface area contributed by atoms with Crippen molar-refractivity contribution < 1.29 is 9.18 Å². The van der Waals surface area contributed by atoms with E-state index in [1.54, 1.807) is 6.07 Å². The number of Topliss-reactive ketones (excluding diaryl/α,β-unsaturated/α-hetero) is 1. The number of hydrogen-bond donors (Lipinski definition) is 1. The fourth-order valence-corrected chi connectivity index (χ4v) is 1.08. The second kappa shape index (κ2) is 4.54. The predicted octanol–water partition coefficient (Wildman–Crippen LogP) is 1.36. The number of benzene rings is 1. The topological polar surface area (TPSA) is 43.1 Å². The van der Waals surface area contributed by atoms with Crippen molar-refractivity contribution in [1.82, 2.24) is 0 Å². The van der Waals surface area contributed by atoms with Crippen LogP contribution in [0.4, 0.5) is 4.39 Å². The van der Waals surface area contributed by atoms with E-state index in [1.165, 1.54) is 18.2 Å². The summed E-state index contributed by atoms with van der Waals surface area (Å²) < 4.78 is 13.1.